The van der Waals surface area contributed by atoms with Crippen LogP contribution in [0.4, 0.5) is 0 Å². The minimum absolute atomic E-state index is 0.0250. The normalized spacial score (nSPS) is 12.7. The van der Waals surface area contributed by atoms with E-state index in [1.54, 1.807) is 11.3 Å². The molecule has 0 saturated heterocycles. The van der Waals surface area contributed by atoms with Crippen LogP contribution < -0.4 is 11.3 Å². The van der Waals surface area contributed by atoms with Crippen LogP contribution in [0.2, 0.25) is 10.0 Å². The Kier molecular flexibility index (Phi) is 5.06. The van der Waals surface area contributed by atoms with E-state index in [9.17, 15) is 0 Å². The van der Waals surface area contributed by atoms with Crippen LogP contribution in [-0.2, 0) is 6.42 Å². The van der Waals surface area contributed by atoms with Crippen molar-refractivity contribution in [2.45, 2.75) is 12.5 Å². The predicted octanol–water partition coefficient (Wildman–Crippen LogP) is 4.56. The van der Waals surface area contributed by atoms with Crippen molar-refractivity contribution in [3.63, 3.8) is 0 Å². The van der Waals surface area contributed by atoms with E-state index in [1.807, 2.05) is 23.6 Å². The fraction of sp³-hybridized carbons (Fsp3) is 0.167. The molecule has 1 aromatic heterocycles. The molecule has 2 nitrogen and oxygen atoms in total. The van der Waals surface area contributed by atoms with E-state index in [0.29, 0.717) is 16.5 Å². The van der Waals surface area contributed by atoms with Crippen molar-refractivity contribution in [1.82, 2.24) is 5.43 Å². The number of hydrogen-bond acceptors (Lipinski definition) is 3. The molecule has 0 fully saturated rings. The third-order valence-electron chi connectivity index (χ3n) is 2.69. The molecular formula is C12H11BrCl2N2S. The first kappa shape index (κ1) is 14.3. The van der Waals surface area contributed by atoms with Crippen molar-refractivity contribution in [2.24, 2.45) is 5.84 Å². The molecule has 0 spiro atoms. The summed E-state index contributed by atoms with van der Waals surface area (Å²) in [6, 6.07) is 5.47. The lowest BCUT2D eigenvalue weighted by Crippen LogP contribution is -2.29. The van der Waals surface area contributed by atoms with Crippen LogP contribution in [0, 0.1) is 0 Å². The van der Waals surface area contributed by atoms with Crippen LogP contribution in [0.1, 0.15) is 17.2 Å². The van der Waals surface area contributed by atoms with Gasteiger partial charge in [-0.1, -0.05) is 29.3 Å². The molecule has 18 heavy (non-hydrogen) atoms. The van der Waals surface area contributed by atoms with Crippen molar-refractivity contribution in [2.75, 3.05) is 0 Å². The average molecular weight is 366 g/mol. The molecule has 0 saturated carbocycles. The highest BCUT2D eigenvalue weighted by atomic mass is 79.9. The molecule has 3 N–H and O–H groups in total. The molecule has 2 aromatic rings. The minimum atomic E-state index is -0.0250. The summed E-state index contributed by atoms with van der Waals surface area (Å²) in [6.07, 6.45) is 0.643. The van der Waals surface area contributed by atoms with Gasteiger partial charge in [0.05, 0.1) is 6.04 Å². The van der Waals surface area contributed by atoms with E-state index < -0.39 is 0 Å². The highest BCUT2D eigenvalue weighted by molar-refractivity contribution is 9.10. The maximum Gasteiger partial charge on any atom is 0.0520 e. The Hall–Kier alpha value is -0.100. The van der Waals surface area contributed by atoms with E-state index >= 15 is 0 Å². The van der Waals surface area contributed by atoms with Gasteiger partial charge in [-0.2, -0.15) is 11.3 Å². The number of benzene rings is 1. The summed E-state index contributed by atoms with van der Waals surface area (Å²) < 4.78 is 1.04. The van der Waals surface area contributed by atoms with Gasteiger partial charge in [-0.25, -0.2) is 0 Å². The van der Waals surface area contributed by atoms with E-state index in [-0.39, 0.29) is 6.04 Å². The number of hydrazine groups is 1. The van der Waals surface area contributed by atoms with E-state index in [2.05, 4.69) is 26.7 Å². The summed E-state index contributed by atoms with van der Waals surface area (Å²) in [5.74, 6) is 5.63. The van der Waals surface area contributed by atoms with Gasteiger partial charge in [0.2, 0.25) is 0 Å². The zero-order valence-electron chi connectivity index (χ0n) is 9.29. The Labute approximate surface area is 128 Å². The summed E-state index contributed by atoms with van der Waals surface area (Å²) in [5.41, 5.74) is 4.82. The molecule has 0 radical (unpaired) electrons. The van der Waals surface area contributed by atoms with Gasteiger partial charge in [0.25, 0.3) is 0 Å². The molecule has 0 amide bonds. The molecule has 96 valence electrons. The molecule has 0 bridgehead atoms. The minimum Gasteiger partial charge on any atom is -0.271 e. The van der Waals surface area contributed by atoms with E-state index in [4.69, 9.17) is 29.0 Å². The van der Waals surface area contributed by atoms with Gasteiger partial charge in [0.15, 0.2) is 0 Å². The van der Waals surface area contributed by atoms with Gasteiger partial charge >= 0.3 is 0 Å². The maximum absolute atomic E-state index is 6.17. The van der Waals surface area contributed by atoms with Crippen molar-refractivity contribution in [3.8, 4) is 0 Å². The molecule has 0 aliphatic carbocycles. The van der Waals surface area contributed by atoms with Crippen LogP contribution in [0.3, 0.4) is 0 Å². The smallest absolute Gasteiger partial charge is 0.0520 e. The quantitative estimate of drug-likeness (QED) is 0.615. The summed E-state index contributed by atoms with van der Waals surface area (Å²) >= 11 is 17.5. The zero-order valence-corrected chi connectivity index (χ0v) is 13.2. The lowest BCUT2D eigenvalue weighted by Gasteiger charge is -2.17. The lowest BCUT2D eigenvalue weighted by atomic mass is 10.0. The molecule has 6 heteroatoms. The van der Waals surface area contributed by atoms with E-state index in [0.717, 1.165) is 15.6 Å². The molecule has 0 aliphatic heterocycles. The Morgan fingerprint density at radius 2 is 1.94 bits per heavy atom. The van der Waals surface area contributed by atoms with Gasteiger partial charge in [-0.15, -0.1) is 0 Å². The van der Waals surface area contributed by atoms with Crippen molar-refractivity contribution < 1.29 is 0 Å². The number of nitrogens with one attached hydrogen (secondary N) is 1. The van der Waals surface area contributed by atoms with Crippen LogP contribution in [0.25, 0.3) is 0 Å². The highest BCUT2D eigenvalue weighted by Crippen LogP contribution is 2.33. The Morgan fingerprint density at radius 3 is 2.44 bits per heavy atom. The average Bonchev–Trinajstić information content (AvgIpc) is 2.76. The third-order valence-corrected chi connectivity index (χ3v) is 5.15. The fourth-order valence-corrected chi connectivity index (χ4v) is 3.91. The van der Waals surface area contributed by atoms with Crippen molar-refractivity contribution in [1.29, 1.82) is 0 Å². The highest BCUT2D eigenvalue weighted by Gasteiger charge is 2.17. The molecule has 1 heterocycles. The first-order chi connectivity index (χ1) is 8.63. The first-order valence-corrected chi connectivity index (χ1v) is 7.73. The second kappa shape index (κ2) is 6.37. The van der Waals surface area contributed by atoms with Crippen molar-refractivity contribution in [3.05, 3.63) is 54.6 Å². The maximum atomic E-state index is 6.17. The monoisotopic (exact) mass is 364 g/mol. The van der Waals surface area contributed by atoms with Crippen LogP contribution >= 0.6 is 50.5 Å². The van der Waals surface area contributed by atoms with Crippen LogP contribution in [0.15, 0.2) is 33.4 Å². The molecule has 2 rings (SSSR count). The number of halogens is 3. The number of rotatable bonds is 4. The predicted molar refractivity (Wildman–Crippen MR) is 82.2 cm³/mol. The summed E-state index contributed by atoms with van der Waals surface area (Å²) in [5, 5.41) is 5.40. The van der Waals surface area contributed by atoms with Crippen LogP contribution in [0.5, 0.6) is 0 Å². The SMILES string of the molecule is NNC(Cc1c(Cl)cccc1Cl)c1cscc1Br. The zero-order chi connectivity index (χ0) is 13.1. The van der Waals surface area contributed by atoms with Gasteiger partial charge in [0.1, 0.15) is 0 Å². The van der Waals surface area contributed by atoms with Crippen LogP contribution in [-0.4, -0.2) is 0 Å². The molecule has 1 unspecified atom stereocenters. The second-order valence-electron chi connectivity index (χ2n) is 3.80. The van der Waals surface area contributed by atoms with Crippen molar-refractivity contribution >= 4 is 50.5 Å². The third kappa shape index (κ3) is 3.07. The summed E-state index contributed by atoms with van der Waals surface area (Å²) in [7, 11) is 0. The van der Waals surface area contributed by atoms with Gasteiger partial charge < -0.3 is 0 Å². The Morgan fingerprint density at radius 1 is 1.28 bits per heavy atom. The number of thiophene rings is 1. The van der Waals surface area contributed by atoms with Gasteiger partial charge in [0, 0.05) is 19.9 Å². The Bertz CT molecular complexity index is 524. The molecule has 0 aliphatic rings. The van der Waals surface area contributed by atoms with Gasteiger partial charge in [-0.3, -0.25) is 11.3 Å². The second-order valence-corrected chi connectivity index (χ2v) is 6.21. The summed E-state index contributed by atoms with van der Waals surface area (Å²) in [4.78, 5) is 0. The topological polar surface area (TPSA) is 38.0 Å². The number of hydrogen-bond donors (Lipinski definition) is 2. The Balaban J connectivity index is 2.29. The largest absolute Gasteiger partial charge is 0.271 e. The fourth-order valence-electron chi connectivity index (χ4n) is 1.73. The van der Waals surface area contributed by atoms with E-state index in [1.165, 1.54) is 0 Å². The lowest BCUT2D eigenvalue weighted by molar-refractivity contribution is 0.552. The van der Waals surface area contributed by atoms with Gasteiger partial charge in [-0.05, 0) is 51.0 Å². The summed E-state index contributed by atoms with van der Waals surface area (Å²) in [6.45, 7) is 0. The number of nitrogens with two attached hydrogens (primary N) is 1. The molecule has 1 aromatic carbocycles. The standard InChI is InChI=1S/C12H11BrCl2N2S/c13-9-6-18-5-8(9)12(17-16)4-7-10(14)2-1-3-11(7)15/h1-3,5-6,12,17H,4,16H2. The first-order valence-electron chi connectivity index (χ1n) is 5.24. The molecular weight excluding hydrogens is 355 g/mol. The molecule has 1 atom stereocenters.